The van der Waals surface area contributed by atoms with Crippen molar-refractivity contribution in [3.05, 3.63) is 23.7 Å². The number of carboxylic acid groups (broad SMARTS) is 1. The molecule has 1 aromatic heterocycles. The minimum absolute atomic E-state index is 0.320. The van der Waals surface area contributed by atoms with Gasteiger partial charge < -0.3 is 24.3 Å². The van der Waals surface area contributed by atoms with Crippen LogP contribution >= 0.6 is 0 Å². The van der Waals surface area contributed by atoms with Gasteiger partial charge in [-0.15, -0.1) is 0 Å². The average Bonchev–Trinajstić information content (AvgIpc) is 3.12. The van der Waals surface area contributed by atoms with Crippen LogP contribution in [-0.2, 0) is 19.1 Å². The van der Waals surface area contributed by atoms with E-state index < -0.39 is 18.2 Å². The van der Waals surface area contributed by atoms with Crippen molar-refractivity contribution >= 4 is 11.9 Å². The average molecular weight is 311 g/mol. The van der Waals surface area contributed by atoms with Gasteiger partial charge in [-0.3, -0.25) is 4.79 Å². The molecule has 0 spiro atoms. The van der Waals surface area contributed by atoms with Gasteiger partial charge in [-0.1, -0.05) is 0 Å². The standard InChI is InChI=1S/C15H21NO6/c1-9-3-4-11(21-9)10(7-8-20-2)16-14(17)12-5-6-13(22-12)15(18)19/h3-4,10,12-13H,5-8H2,1-2H3,(H,16,17)(H,18,19)/t10?,12-,13+/m0/s1. The number of ether oxygens (including phenoxy) is 2. The minimum Gasteiger partial charge on any atom is -0.479 e. The monoisotopic (exact) mass is 311 g/mol. The van der Waals surface area contributed by atoms with Crippen LogP contribution in [0.4, 0.5) is 0 Å². The highest BCUT2D eigenvalue weighted by Crippen LogP contribution is 2.23. The summed E-state index contributed by atoms with van der Waals surface area (Å²) in [7, 11) is 1.59. The molecule has 0 saturated carbocycles. The molecular weight excluding hydrogens is 290 g/mol. The van der Waals surface area contributed by atoms with E-state index in [0.717, 1.165) is 5.76 Å². The summed E-state index contributed by atoms with van der Waals surface area (Å²) in [5.74, 6) is 0.0530. The molecule has 1 aliphatic rings. The lowest BCUT2D eigenvalue weighted by Crippen LogP contribution is -2.38. The number of methoxy groups -OCH3 is 1. The number of furan rings is 1. The third-order valence-corrected chi connectivity index (χ3v) is 3.62. The molecule has 7 nitrogen and oxygen atoms in total. The number of aryl methyl sites for hydroxylation is 1. The van der Waals surface area contributed by atoms with Crippen LogP contribution in [0.5, 0.6) is 0 Å². The molecule has 0 radical (unpaired) electrons. The first kappa shape index (κ1) is 16.5. The summed E-state index contributed by atoms with van der Waals surface area (Å²) >= 11 is 0. The highest BCUT2D eigenvalue weighted by atomic mass is 16.5. The first-order chi connectivity index (χ1) is 10.5. The van der Waals surface area contributed by atoms with Gasteiger partial charge in [0.05, 0.1) is 6.04 Å². The van der Waals surface area contributed by atoms with Gasteiger partial charge in [0.25, 0.3) is 0 Å². The molecule has 3 atom stereocenters. The predicted octanol–water partition coefficient (Wildman–Crippen LogP) is 1.41. The first-order valence-corrected chi connectivity index (χ1v) is 7.25. The Labute approximate surface area is 128 Å². The SMILES string of the molecule is COCCC(NC(=O)[C@@H]1CC[C@H](C(=O)O)O1)c1ccc(C)o1. The van der Waals surface area contributed by atoms with E-state index in [2.05, 4.69) is 5.32 Å². The fraction of sp³-hybridized carbons (Fsp3) is 0.600. The zero-order chi connectivity index (χ0) is 16.1. The molecule has 22 heavy (non-hydrogen) atoms. The maximum Gasteiger partial charge on any atom is 0.332 e. The number of carbonyl (C=O) groups is 2. The van der Waals surface area contributed by atoms with Gasteiger partial charge in [0.1, 0.15) is 17.6 Å². The molecule has 0 aromatic carbocycles. The Balaban J connectivity index is 1.98. The van der Waals surface area contributed by atoms with E-state index in [4.69, 9.17) is 19.0 Å². The number of hydrogen-bond donors (Lipinski definition) is 2. The van der Waals surface area contributed by atoms with E-state index in [0.29, 0.717) is 31.6 Å². The van der Waals surface area contributed by atoms with Crippen LogP contribution in [0.3, 0.4) is 0 Å². The number of nitrogens with one attached hydrogen (secondary N) is 1. The van der Waals surface area contributed by atoms with E-state index in [1.54, 1.807) is 7.11 Å². The van der Waals surface area contributed by atoms with Gasteiger partial charge >= 0.3 is 5.97 Å². The Morgan fingerprint density at radius 1 is 1.41 bits per heavy atom. The predicted molar refractivity (Wildman–Crippen MR) is 76.4 cm³/mol. The number of carbonyl (C=O) groups excluding carboxylic acids is 1. The lowest BCUT2D eigenvalue weighted by molar-refractivity contribution is -0.152. The Morgan fingerprint density at radius 3 is 2.68 bits per heavy atom. The molecule has 2 heterocycles. The fourth-order valence-electron chi connectivity index (χ4n) is 2.44. The second-order valence-electron chi connectivity index (χ2n) is 5.32. The van der Waals surface area contributed by atoms with Gasteiger partial charge in [0.15, 0.2) is 6.10 Å². The summed E-state index contributed by atoms with van der Waals surface area (Å²) in [4.78, 5) is 23.1. The summed E-state index contributed by atoms with van der Waals surface area (Å²) in [5, 5.41) is 11.8. The van der Waals surface area contributed by atoms with Crippen molar-refractivity contribution in [2.75, 3.05) is 13.7 Å². The number of rotatable bonds is 7. The number of carboxylic acids is 1. The molecule has 1 saturated heterocycles. The Hall–Kier alpha value is -1.86. The summed E-state index contributed by atoms with van der Waals surface area (Å²) in [6.45, 7) is 2.30. The normalized spacial score (nSPS) is 22.5. The van der Waals surface area contributed by atoms with Gasteiger partial charge in [-0.25, -0.2) is 4.79 Å². The van der Waals surface area contributed by atoms with Crippen LogP contribution in [0.15, 0.2) is 16.5 Å². The van der Waals surface area contributed by atoms with Crippen molar-refractivity contribution in [1.82, 2.24) is 5.32 Å². The Morgan fingerprint density at radius 2 is 2.14 bits per heavy atom. The van der Waals surface area contributed by atoms with Crippen LogP contribution < -0.4 is 5.32 Å². The molecule has 0 bridgehead atoms. The Bertz CT molecular complexity index is 526. The first-order valence-electron chi connectivity index (χ1n) is 7.25. The fourth-order valence-corrected chi connectivity index (χ4v) is 2.44. The summed E-state index contributed by atoms with van der Waals surface area (Å²) in [6, 6.07) is 3.31. The molecular formula is C15H21NO6. The highest BCUT2D eigenvalue weighted by Gasteiger charge is 2.35. The molecule has 1 aromatic rings. The molecule has 1 aliphatic heterocycles. The third-order valence-electron chi connectivity index (χ3n) is 3.62. The molecule has 1 unspecified atom stereocenters. The number of hydrogen-bond acceptors (Lipinski definition) is 5. The van der Waals surface area contributed by atoms with E-state index in [1.807, 2.05) is 19.1 Å². The number of amides is 1. The largest absolute Gasteiger partial charge is 0.479 e. The quantitative estimate of drug-likeness (QED) is 0.790. The van der Waals surface area contributed by atoms with Crippen molar-refractivity contribution in [1.29, 1.82) is 0 Å². The molecule has 7 heteroatoms. The van der Waals surface area contributed by atoms with Crippen molar-refractivity contribution in [2.24, 2.45) is 0 Å². The molecule has 1 fully saturated rings. The van der Waals surface area contributed by atoms with Crippen LogP contribution in [0.2, 0.25) is 0 Å². The van der Waals surface area contributed by atoms with Crippen molar-refractivity contribution in [3.8, 4) is 0 Å². The lowest BCUT2D eigenvalue weighted by atomic mass is 10.1. The number of aliphatic carboxylic acids is 1. The van der Waals surface area contributed by atoms with Gasteiger partial charge in [-0.2, -0.15) is 0 Å². The van der Waals surface area contributed by atoms with E-state index in [1.165, 1.54) is 0 Å². The maximum absolute atomic E-state index is 12.3. The maximum atomic E-state index is 12.3. The van der Waals surface area contributed by atoms with Gasteiger partial charge in [0, 0.05) is 13.7 Å². The molecule has 122 valence electrons. The second kappa shape index (κ2) is 7.42. The van der Waals surface area contributed by atoms with Gasteiger partial charge in [0.2, 0.25) is 5.91 Å². The second-order valence-corrected chi connectivity index (χ2v) is 5.32. The van der Waals surface area contributed by atoms with E-state index in [9.17, 15) is 9.59 Å². The minimum atomic E-state index is -1.03. The van der Waals surface area contributed by atoms with Crippen LogP contribution in [0.1, 0.15) is 36.8 Å². The smallest absolute Gasteiger partial charge is 0.332 e. The Kier molecular flexibility index (Phi) is 5.57. The van der Waals surface area contributed by atoms with Crippen LogP contribution in [-0.4, -0.2) is 42.9 Å². The molecule has 2 N–H and O–H groups in total. The topological polar surface area (TPSA) is 98.0 Å². The summed E-state index contributed by atoms with van der Waals surface area (Å²) in [5.41, 5.74) is 0. The lowest BCUT2D eigenvalue weighted by Gasteiger charge is -2.19. The molecule has 1 amide bonds. The zero-order valence-corrected chi connectivity index (χ0v) is 12.7. The van der Waals surface area contributed by atoms with Crippen molar-refractivity contribution in [2.45, 2.75) is 44.4 Å². The third kappa shape index (κ3) is 4.08. The van der Waals surface area contributed by atoms with Crippen molar-refractivity contribution in [3.63, 3.8) is 0 Å². The van der Waals surface area contributed by atoms with Crippen LogP contribution in [0.25, 0.3) is 0 Å². The van der Waals surface area contributed by atoms with E-state index in [-0.39, 0.29) is 11.9 Å². The molecule has 2 rings (SSSR count). The van der Waals surface area contributed by atoms with Crippen LogP contribution in [0, 0.1) is 6.92 Å². The zero-order valence-electron chi connectivity index (χ0n) is 12.7. The van der Waals surface area contributed by atoms with E-state index >= 15 is 0 Å². The molecule has 0 aliphatic carbocycles. The van der Waals surface area contributed by atoms with Crippen molar-refractivity contribution < 1.29 is 28.6 Å². The highest BCUT2D eigenvalue weighted by molar-refractivity contribution is 5.82. The van der Waals surface area contributed by atoms with Gasteiger partial charge in [-0.05, 0) is 38.3 Å². The summed E-state index contributed by atoms with van der Waals surface area (Å²) < 4.78 is 15.9. The summed E-state index contributed by atoms with van der Waals surface area (Å²) in [6.07, 6.45) is -0.335.